The summed E-state index contributed by atoms with van der Waals surface area (Å²) in [5, 5.41) is 0. The van der Waals surface area contributed by atoms with Crippen LogP contribution in [0.25, 0.3) is 0 Å². The molecule has 1 saturated heterocycles. The van der Waals surface area contributed by atoms with Crippen LogP contribution in [0, 0.1) is 0 Å². The minimum absolute atomic E-state index is 0.702. The first-order chi connectivity index (χ1) is 8.38. The molecule has 0 spiro atoms. The van der Waals surface area contributed by atoms with Crippen molar-refractivity contribution in [2.75, 3.05) is 20.3 Å². The summed E-state index contributed by atoms with van der Waals surface area (Å²) in [6.07, 6.45) is 3.78. The van der Waals surface area contributed by atoms with Crippen molar-refractivity contribution in [1.82, 2.24) is 4.90 Å². The Kier molecular flexibility index (Phi) is 2.93. The van der Waals surface area contributed by atoms with Gasteiger partial charge in [0.15, 0.2) is 0 Å². The second-order valence-electron chi connectivity index (χ2n) is 4.84. The van der Waals surface area contributed by atoms with Crippen LogP contribution >= 0.6 is 0 Å². The maximum absolute atomic E-state index is 5.87. The number of nitrogens with zero attached hydrogens (tertiary/aromatic N) is 1. The fourth-order valence-electron chi connectivity index (χ4n) is 2.97. The minimum Gasteiger partial charge on any atom is -0.496 e. The maximum Gasteiger partial charge on any atom is 0.127 e. The number of benzene rings is 1. The minimum atomic E-state index is 0.702. The Hall–Kier alpha value is -1.22. The SMILES string of the molecule is COc1cccc2c1CN1CCCC1CCO2. The van der Waals surface area contributed by atoms with Crippen LogP contribution in [0.5, 0.6) is 11.5 Å². The standard InChI is InChI=1S/C14H19NO2/c1-16-13-5-2-6-14-12(13)10-15-8-3-4-11(15)7-9-17-14/h2,5-6,11H,3-4,7-10H2,1H3. The van der Waals surface area contributed by atoms with E-state index in [-0.39, 0.29) is 0 Å². The van der Waals surface area contributed by atoms with Gasteiger partial charge in [0, 0.05) is 12.6 Å². The Labute approximate surface area is 102 Å². The lowest BCUT2D eigenvalue weighted by Crippen LogP contribution is -2.32. The van der Waals surface area contributed by atoms with E-state index in [4.69, 9.17) is 9.47 Å². The lowest BCUT2D eigenvalue weighted by atomic mass is 10.1. The molecule has 0 bridgehead atoms. The van der Waals surface area contributed by atoms with Crippen molar-refractivity contribution in [3.63, 3.8) is 0 Å². The summed E-state index contributed by atoms with van der Waals surface area (Å²) in [6.45, 7) is 2.99. The molecule has 0 N–H and O–H groups in total. The highest BCUT2D eigenvalue weighted by atomic mass is 16.5. The first kappa shape index (κ1) is 10.9. The zero-order valence-corrected chi connectivity index (χ0v) is 10.3. The monoisotopic (exact) mass is 233 g/mol. The molecule has 0 amide bonds. The van der Waals surface area contributed by atoms with Crippen molar-refractivity contribution in [2.24, 2.45) is 0 Å². The van der Waals surface area contributed by atoms with Gasteiger partial charge >= 0.3 is 0 Å². The Morgan fingerprint density at radius 3 is 3.18 bits per heavy atom. The lowest BCUT2D eigenvalue weighted by Gasteiger charge is -2.29. The van der Waals surface area contributed by atoms with Crippen LogP contribution in [0.4, 0.5) is 0 Å². The van der Waals surface area contributed by atoms with Gasteiger partial charge in [-0.05, 0) is 37.9 Å². The summed E-state index contributed by atoms with van der Waals surface area (Å²) in [4.78, 5) is 2.57. The third-order valence-corrected chi connectivity index (χ3v) is 3.88. The van der Waals surface area contributed by atoms with Crippen molar-refractivity contribution >= 4 is 0 Å². The van der Waals surface area contributed by atoms with Crippen molar-refractivity contribution in [1.29, 1.82) is 0 Å². The molecule has 0 saturated carbocycles. The molecule has 17 heavy (non-hydrogen) atoms. The molecular formula is C14H19NO2. The third kappa shape index (κ3) is 2.00. The van der Waals surface area contributed by atoms with Crippen LogP contribution in [-0.2, 0) is 6.54 Å². The van der Waals surface area contributed by atoms with E-state index in [0.29, 0.717) is 6.04 Å². The van der Waals surface area contributed by atoms with Gasteiger partial charge in [-0.1, -0.05) is 6.07 Å². The fraction of sp³-hybridized carbons (Fsp3) is 0.571. The molecular weight excluding hydrogens is 214 g/mol. The molecule has 0 aromatic heterocycles. The van der Waals surface area contributed by atoms with Crippen LogP contribution < -0.4 is 9.47 Å². The van der Waals surface area contributed by atoms with Crippen molar-refractivity contribution in [2.45, 2.75) is 31.8 Å². The average molecular weight is 233 g/mol. The van der Waals surface area contributed by atoms with Gasteiger partial charge in [-0.25, -0.2) is 0 Å². The summed E-state index contributed by atoms with van der Waals surface area (Å²) < 4.78 is 11.3. The van der Waals surface area contributed by atoms with Crippen molar-refractivity contribution < 1.29 is 9.47 Å². The Balaban J connectivity index is 1.95. The molecule has 3 nitrogen and oxygen atoms in total. The molecule has 2 aliphatic heterocycles. The van der Waals surface area contributed by atoms with Gasteiger partial charge in [-0.3, -0.25) is 4.90 Å². The van der Waals surface area contributed by atoms with Gasteiger partial charge in [0.1, 0.15) is 11.5 Å². The molecule has 2 aliphatic rings. The molecule has 0 radical (unpaired) electrons. The second-order valence-corrected chi connectivity index (χ2v) is 4.84. The fourth-order valence-corrected chi connectivity index (χ4v) is 2.97. The Morgan fingerprint density at radius 2 is 2.29 bits per heavy atom. The van der Waals surface area contributed by atoms with E-state index in [0.717, 1.165) is 31.1 Å². The summed E-state index contributed by atoms with van der Waals surface area (Å²) >= 11 is 0. The van der Waals surface area contributed by atoms with Gasteiger partial charge in [0.25, 0.3) is 0 Å². The molecule has 1 fully saturated rings. The van der Waals surface area contributed by atoms with Crippen LogP contribution in [0.2, 0.25) is 0 Å². The number of ether oxygens (including phenoxy) is 2. The first-order valence-electron chi connectivity index (χ1n) is 6.41. The van der Waals surface area contributed by atoms with Crippen LogP contribution in [0.1, 0.15) is 24.8 Å². The van der Waals surface area contributed by atoms with Gasteiger partial charge in [0.05, 0.1) is 19.3 Å². The quantitative estimate of drug-likeness (QED) is 0.743. The first-order valence-corrected chi connectivity index (χ1v) is 6.41. The normalized spacial score (nSPS) is 24.2. The van der Waals surface area contributed by atoms with Gasteiger partial charge < -0.3 is 9.47 Å². The highest BCUT2D eigenvalue weighted by Crippen LogP contribution is 2.34. The number of hydrogen-bond acceptors (Lipinski definition) is 3. The summed E-state index contributed by atoms with van der Waals surface area (Å²) in [6, 6.07) is 6.78. The Bertz CT molecular complexity index is 405. The second kappa shape index (κ2) is 4.57. The Morgan fingerprint density at radius 1 is 1.35 bits per heavy atom. The van der Waals surface area contributed by atoms with Crippen LogP contribution in [0.15, 0.2) is 18.2 Å². The number of fused-ring (bicyclic) bond motifs is 2. The van der Waals surface area contributed by atoms with Gasteiger partial charge in [-0.15, -0.1) is 0 Å². The molecule has 3 rings (SSSR count). The van der Waals surface area contributed by atoms with E-state index >= 15 is 0 Å². The summed E-state index contributed by atoms with van der Waals surface area (Å²) in [7, 11) is 1.73. The summed E-state index contributed by atoms with van der Waals surface area (Å²) in [5.41, 5.74) is 1.21. The number of methoxy groups -OCH3 is 1. The molecule has 3 heteroatoms. The molecule has 1 aromatic carbocycles. The van der Waals surface area contributed by atoms with E-state index in [1.165, 1.54) is 24.9 Å². The number of hydrogen-bond donors (Lipinski definition) is 0. The van der Waals surface area contributed by atoms with E-state index < -0.39 is 0 Å². The smallest absolute Gasteiger partial charge is 0.127 e. The third-order valence-electron chi connectivity index (χ3n) is 3.88. The molecule has 1 aromatic rings. The summed E-state index contributed by atoms with van der Waals surface area (Å²) in [5.74, 6) is 1.95. The van der Waals surface area contributed by atoms with Crippen LogP contribution in [0.3, 0.4) is 0 Å². The maximum atomic E-state index is 5.87. The number of rotatable bonds is 1. The molecule has 92 valence electrons. The zero-order chi connectivity index (χ0) is 11.7. The average Bonchev–Trinajstić information content (AvgIpc) is 2.75. The largest absolute Gasteiger partial charge is 0.496 e. The van der Waals surface area contributed by atoms with E-state index in [9.17, 15) is 0 Å². The molecule has 1 unspecified atom stereocenters. The van der Waals surface area contributed by atoms with E-state index in [1.807, 2.05) is 18.2 Å². The van der Waals surface area contributed by atoms with Gasteiger partial charge in [-0.2, -0.15) is 0 Å². The van der Waals surface area contributed by atoms with Gasteiger partial charge in [0.2, 0.25) is 0 Å². The van der Waals surface area contributed by atoms with Crippen molar-refractivity contribution in [3.05, 3.63) is 23.8 Å². The molecule has 0 aliphatic carbocycles. The topological polar surface area (TPSA) is 21.7 Å². The lowest BCUT2D eigenvalue weighted by molar-refractivity contribution is 0.176. The van der Waals surface area contributed by atoms with Crippen molar-refractivity contribution in [3.8, 4) is 11.5 Å². The molecule has 2 heterocycles. The van der Waals surface area contributed by atoms with E-state index in [2.05, 4.69) is 4.90 Å². The zero-order valence-electron chi connectivity index (χ0n) is 10.3. The highest BCUT2D eigenvalue weighted by molar-refractivity contribution is 5.45. The van der Waals surface area contributed by atoms with Crippen LogP contribution in [-0.4, -0.2) is 31.2 Å². The predicted molar refractivity (Wildman–Crippen MR) is 66.5 cm³/mol. The predicted octanol–water partition coefficient (Wildman–Crippen LogP) is 2.44. The van der Waals surface area contributed by atoms with E-state index in [1.54, 1.807) is 7.11 Å². The molecule has 1 atom stereocenters. The highest BCUT2D eigenvalue weighted by Gasteiger charge is 2.28.